The molecule has 2 rings (SSSR count). The van der Waals surface area contributed by atoms with E-state index in [0.29, 0.717) is 29.5 Å². The Morgan fingerprint density at radius 2 is 2.14 bits per heavy atom. The third kappa shape index (κ3) is 5.40. The molecule has 0 aliphatic heterocycles. The lowest BCUT2D eigenvalue weighted by Gasteiger charge is -2.20. The second-order valence-electron chi connectivity index (χ2n) is 5.46. The highest BCUT2D eigenvalue weighted by Gasteiger charge is 2.14. The molecule has 0 saturated heterocycles. The zero-order valence-electron chi connectivity index (χ0n) is 13.1. The Labute approximate surface area is 142 Å². The SMILES string of the molecule is CCOc1ccc(C(=O)NCCSC2CCCCC2)cc1Cl. The maximum absolute atomic E-state index is 12.1. The molecule has 5 heteroatoms. The van der Waals surface area contributed by atoms with E-state index in [1.165, 1.54) is 32.1 Å². The fourth-order valence-corrected chi connectivity index (χ4v) is 4.09. The van der Waals surface area contributed by atoms with Gasteiger partial charge in [-0.2, -0.15) is 11.8 Å². The smallest absolute Gasteiger partial charge is 0.251 e. The molecule has 0 aromatic heterocycles. The minimum Gasteiger partial charge on any atom is -0.492 e. The average molecular weight is 342 g/mol. The van der Waals surface area contributed by atoms with E-state index in [9.17, 15) is 4.79 Å². The molecule has 1 aromatic rings. The van der Waals surface area contributed by atoms with Crippen LogP contribution in [0.15, 0.2) is 18.2 Å². The number of ether oxygens (including phenoxy) is 1. The van der Waals surface area contributed by atoms with Gasteiger partial charge in [0.1, 0.15) is 5.75 Å². The Kier molecular flexibility index (Phi) is 7.40. The Morgan fingerprint density at radius 1 is 1.36 bits per heavy atom. The summed E-state index contributed by atoms with van der Waals surface area (Å²) in [4.78, 5) is 12.1. The summed E-state index contributed by atoms with van der Waals surface area (Å²) in [6, 6.07) is 5.16. The number of hydrogen-bond acceptors (Lipinski definition) is 3. The Bertz CT molecular complexity index is 490. The lowest BCUT2D eigenvalue weighted by Crippen LogP contribution is -2.26. The number of benzene rings is 1. The molecule has 0 spiro atoms. The van der Waals surface area contributed by atoms with Gasteiger partial charge in [0.25, 0.3) is 5.91 Å². The summed E-state index contributed by atoms with van der Waals surface area (Å²) < 4.78 is 5.37. The van der Waals surface area contributed by atoms with Gasteiger partial charge < -0.3 is 10.1 Å². The largest absolute Gasteiger partial charge is 0.492 e. The molecule has 1 aromatic carbocycles. The average Bonchev–Trinajstić information content (AvgIpc) is 2.54. The first-order valence-electron chi connectivity index (χ1n) is 8.03. The first kappa shape index (κ1) is 17.5. The highest BCUT2D eigenvalue weighted by Crippen LogP contribution is 2.28. The van der Waals surface area contributed by atoms with Gasteiger partial charge in [-0.15, -0.1) is 0 Å². The van der Waals surface area contributed by atoms with Crippen LogP contribution in [0.2, 0.25) is 5.02 Å². The van der Waals surface area contributed by atoms with Crippen LogP contribution in [-0.2, 0) is 0 Å². The number of rotatable bonds is 7. The quantitative estimate of drug-likeness (QED) is 0.740. The van der Waals surface area contributed by atoms with Gasteiger partial charge in [-0.05, 0) is 38.0 Å². The van der Waals surface area contributed by atoms with Crippen molar-refractivity contribution in [3.8, 4) is 5.75 Å². The predicted molar refractivity (Wildman–Crippen MR) is 94.3 cm³/mol. The lowest BCUT2D eigenvalue weighted by molar-refractivity contribution is 0.0956. The Hall–Kier alpha value is -0.870. The van der Waals surface area contributed by atoms with Crippen molar-refractivity contribution >= 4 is 29.3 Å². The van der Waals surface area contributed by atoms with Gasteiger partial charge >= 0.3 is 0 Å². The fraction of sp³-hybridized carbons (Fsp3) is 0.588. The molecule has 22 heavy (non-hydrogen) atoms. The van der Waals surface area contributed by atoms with E-state index in [4.69, 9.17) is 16.3 Å². The highest BCUT2D eigenvalue weighted by atomic mass is 35.5. The van der Waals surface area contributed by atoms with Gasteiger partial charge in [-0.25, -0.2) is 0 Å². The van der Waals surface area contributed by atoms with Crippen LogP contribution in [0.5, 0.6) is 5.75 Å². The summed E-state index contributed by atoms with van der Waals surface area (Å²) >= 11 is 8.09. The zero-order chi connectivity index (χ0) is 15.8. The summed E-state index contributed by atoms with van der Waals surface area (Å²) in [6.07, 6.45) is 6.75. The van der Waals surface area contributed by atoms with Gasteiger partial charge in [-0.1, -0.05) is 30.9 Å². The van der Waals surface area contributed by atoms with Gasteiger partial charge in [0.2, 0.25) is 0 Å². The van der Waals surface area contributed by atoms with Crippen molar-refractivity contribution in [3.05, 3.63) is 28.8 Å². The second kappa shape index (κ2) is 9.31. The van der Waals surface area contributed by atoms with E-state index in [1.54, 1.807) is 18.2 Å². The second-order valence-corrected chi connectivity index (χ2v) is 7.28. The van der Waals surface area contributed by atoms with Gasteiger partial charge in [0.05, 0.1) is 11.6 Å². The van der Waals surface area contributed by atoms with Crippen molar-refractivity contribution < 1.29 is 9.53 Å². The molecule has 1 saturated carbocycles. The molecule has 0 bridgehead atoms. The number of nitrogens with one attached hydrogen (secondary N) is 1. The molecule has 1 N–H and O–H groups in total. The Balaban J connectivity index is 1.73. The zero-order valence-corrected chi connectivity index (χ0v) is 14.6. The van der Waals surface area contributed by atoms with Crippen LogP contribution in [0.4, 0.5) is 0 Å². The summed E-state index contributed by atoms with van der Waals surface area (Å²) in [7, 11) is 0. The van der Waals surface area contributed by atoms with Crippen molar-refractivity contribution in [2.24, 2.45) is 0 Å². The van der Waals surface area contributed by atoms with E-state index in [-0.39, 0.29) is 5.91 Å². The van der Waals surface area contributed by atoms with Crippen LogP contribution in [0.1, 0.15) is 49.4 Å². The number of amides is 1. The van der Waals surface area contributed by atoms with E-state index >= 15 is 0 Å². The first-order chi connectivity index (χ1) is 10.7. The molecule has 1 aliphatic rings. The molecule has 0 unspecified atom stereocenters. The van der Waals surface area contributed by atoms with Crippen LogP contribution >= 0.6 is 23.4 Å². The molecular formula is C17H24ClNO2S. The summed E-state index contributed by atoms with van der Waals surface area (Å²) in [5.41, 5.74) is 0.580. The number of halogens is 1. The van der Waals surface area contributed by atoms with Crippen molar-refractivity contribution in [1.29, 1.82) is 0 Å². The third-order valence-corrected chi connectivity index (χ3v) is 5.47. The maximum Gasteiger partial charge on any atom is 0.251 e. The van der Waals surface area contributed by atoms with Gasteiger partial charge in [-0.3, -0.25) is 4.79 Å². The monoisotopic (exact) mass is 341 g/mol. The summed E-state index contributed by atoms with van der Waals surface area (Å²) in [6.45, 7) is 3.16. The van der Waals surface area contributed by atoms with Crippen molar-refractivity contribution in [2.45, 2.75) is 44.3 Å². The molecule has 0 atom stereocenters. The number of thioether (sulfide) groups is 1. The van der Waals surface area contributed by atoms with Crippen LogP contribution in [0, 0.1) is 0 Å². The number of hydrogen-bond donors (Lipinski definition) is 1. The molecule has 1 fully saturated rings. The molecule has 0 heterocycles. The summed E-state index contributed by atoms with van der Waals surface area (Å²) in [5, 5.41) is 4.22. The topological polar surface area (TPSA) is 38.3 Å². The maximum atomic E-state index is 12.1. The first-order valence-corrected chi connectivity index (χ1v) is 9.45. The number of carbonyl (C=O) groups excluding carboxylic acids is 1. The van der Waals surface area contributed by atoms with Gasteiger partial charge in [0.15, 0.2) is 0 Å². The Morgan fingerprint density at radius 3 is 2.82 bits per heavy atom. The minimum atomic E-state index is -0.0748. The van der Waals surface area contributed by atoms with Crippen molar-refractivity contribution in [1.82, 2.24) is 5.32 Å². The fourth-order valence-electron chi connectivity index (χ4n) is 2.64. The van der Waals surface area contributed by atoms with Crippen LogP contribution < -0.4 is 10.1 Å². The molecule has 122 valence electrons. The normalized spacial score (nSPS) is 15.5. The highest BCUT2D eigenvalue weighted by molar-refractivity contribution is 7.99. The number of carbonyl (C=O) groups is 1. The van der Waals surface area contributed by atoms with Crippen LogP contribution in [0.3, 0.4) is 0 Å². The molecule has 1 aliphatic carbocycles. The van der Waals surface area contributed by atoms with Crippen molar-refractivity contribution in [2.75, 3.05) is 18.9 Å². The third-order valence-electron chi connectivity index (χ3n) is 3.79. The van der Waals surface area contributed by atoms with Crippen LogP contribution in [0.25, 0.3) is 0 Å². The standard InChI is InChI=1S/C17H24ClNO2S/c1-2-21-16-9-8-13(12-15(16)18)17(20)19-10-11-22-14-6-4-3-5-7-14/h8-9,12,14H,2-7,10-11H2,1H3,(H,19,20). The summed E-state index contributed by atoms with van der Waals surface area (Å²) in [5.74, 6) is 1.52. The van der Waals surface area contributed by atoms with E-state index in [2.05, 4.69) is 5.32 Å². The molecular weight excluding hydrogens is 318 g/mol. The van der Waals surface area contributed by atoms with E-state index < -0.39 is 0 Å². The van der Waals surface area contributed by atoms with Gasteiger partial charge in [0, 0.05) is 23.1 Å². The van der Waals surface area contributed by atoms with Crippen LogP contribution in [-0.4, -0.2) is 30.1 Å². The molecule has 3 nitrogen and oxygen atoms in total. The van der Waals surface area contributed by atoms with Crippen molar-refractivity contribution in [3.63, 3.8) is 0 Å². The predicted octanol–water partition coefficient (Wildman–Crippen LogP) is 4.53. The van der Waals surface area contributed by atoms with E-state index in [1.807, 2.05) is 18.7 Å². The lowest BCUT2D eigenvalue weighted by atomic mass is 10.0. The minimum absolute atomic E-state index is 0.0748. The molecule has 1 amide bonds. The van der Waals surface area contributed by atoms with E-state index in [0.717, 1.165) is 11.0 Å². The molecule has 0 radical (unpaired) electrons.